The Morgan fingerprint density at radius 3 is 2.59 bits per heavy atom. The Kier molecular flexibility index (Phi) is 6.07. The quantitative estimate of drug-likeness (QED) is 0.818. The Hall–Kier alpha value is -1.75. The lowest BCUT2D eigenvalue weighted by atomic mass is 10.0. The van der Waals surface area contributed by atoms with Crippen LogP contribution in [0.4, 0.5) is 0 Å². The van der Waals surface area contributed by atoms with Crippen LogP contribution in [-0.2, 0) is 9.59 Å². The molecular weight excluding hydrogens is 304 g/mol. The highest BCUT2D eigenvalue weighted by Gasteiger charge is 2.18. The summed E-state index contributed by atoms with van der Waals surface area (Å²) >= 11 is 5.85. The zero-order valence-electron chi connectivity index (χ0n) is 12.7. The molecule has 120 valence electrons. The zero-order chi connectivity index (χ0) is 15.9. The van der Waals surface area contributed by atoms with Gasteiger partial charge in [-0.25, -0.2) is 0 Å². The first-order valence-electron chi connectivity index (χ1n) is 7.51. The van der Waals surface area contributed by atoms with Gasteiger partial charge in [0.2, 0.25) is 5.91 Å². The first-order valence-corrected chi connectivity index (χ1v) is 7.89. The fraction of sp³-hybridized carbons (Fsp3) is 0.500. The maximum Gasteiger partial charge on any atom is 0.276 e. The third-order valence-electron chi connectivity index (χ3n) is 3.79. The molecule has 2 N–H and O–H groups in total. The number of benzene rings is 1. The third-order valence-corrected chi connectivity index (χ3v) is 4.02. The predicted octanol–water partition coefficient (Wildman–Crippen LogP) is 2.75. The van der Waals surface area contributed by atoms with E-state index in [1.165, 1.54) is 12.8 Å². The molecule has 1 aliphatic carbocycles. The third kappa shape index (κ3) is 5.22. The van der Waals surface area contributed by atoms with Crippen molar-refractivity contribution in [2.24, 2.45) is 5.92 Å². The van der Waals surface area contributed by atoms with Gasteiger partial charge in [0.25, 0.3) is 5.91 Å². The number of hydrogen-bond donors (Lipinski definition) is 2. The molecule has 0 radical (unpaired) electrons. The number of aryl methyl sites for hydroxylation is 1. The van der Waals surface area contributed by atoms with Crippen molar-refractivity contribution in [1.29, 1.82) is 0 Å². The normalized spacial score (nSPS) is 14.6. The van der Waals surface area contributed by atoms with Crippen LogP contribution in [0.25, 0.3) is 0 Å². The van der Waals surface area contributed by atoms with Crippen LogP contribution in [0.3, 0.4) is 0 Å². The Morgan fingerprint density at radius 1 is 1.23 bits per heavy atom. The van der Waals surface area contributed by atoms with Gasteiger partial charge in [0.15, 0.2) is 6.61 Å². The molecule has 0 unspecified atom stereocenters. The van der Waals surface area contributed by atoms with Gasteiger partial charge in [-0.05, 0) is 49.4 Å². The summed E-state index contributed by atoms with van der Waals surface area (Å²) in [6.45, 7) is 1.69. The highest BCUT2D eigenvalue weighted by molar-refractivity contribution is 6.30. The standard InChI is InChI=1S/C16H21ClN2O3/c1-11-8-13(17)6-7-14(11)22-10-16(21)19-18-15(20)9-12-4-2-3-5-12/h6-8,12H,2-5,9-10H2,1H3,(H,18,20)(H,19,21). The Bertz CT molecular complexity index is 542. The molecule has 0 aliphatic heterocycles. The van der Waals surface area contributed by atoms with E-state index in [0.717, 1.165) is 18.4 Å². The van der Waals surface area contributed by atoms with Gasteiger partial charge < -0.3 is 4.74 Å². The average Bonchev–Trinajstić information content (AvgIpc) is 2.97. The van der Waals surface area contributed by atoms with Gasteiger partial charge in [-0.1, -0.05) is 24.4 Å². The maximum absolute atomic E-state index is 11.7. The molecule has 2 rings (SSSR count). The van der Waals surface area contributed by atoms with Gasteiger partial charge in [-0.2, -0.15) is 0 Å². The molecule has 0 spiro atoms. The molecule has 5 nitrogen and oxygen atoms in total. The molecule has 0 atom stereocenters. The monoisotopic (exact) mass is 324 g/mol. The molecule has 2 amide bonds. The van der Waals surface area contributed by atoms with E-state index in [-0.39, 0.29) is 12.5 Å². The Labute approximate surface area is 135 Å². The second kappa shape index (κ2) is 8.03. The van der Waals surface area contributed by atoms with Crippen LogP contribution in [-0.4, -0.2) is 18.4 Å². The zero-order valence-corrected chi connectivity index (χ0v) is 13.4. The summed E-state index contributed by atoms with van der Waals surface area (Å²) in [4.78, 5) is 23.3. The number of ether oxygens (including phenoxy) is 1. The van der Waals surface area contributed by atoms with E-state index in [0.29, 0.717) is 23.1 Å². The van der Waals surface area contributed by atoms with Crippen molar-refractivity contribution in [3.05, 3.63) is 28.8 Å². The number of hydrazine groups is 1. The molecule has 0 saturated heterocycles. The highest BCUT2D eigenvalue weighted by atomic mass is 35.5. The van der Waals surface area contributed by atoms with Gasteiger partial charge in [-0.3, -0.25) is 20.4 Å². The van der Waals surface area contributed by atoms with Crippen LogP contribution in [0.1, 0.15) is 37.7 Å². The Balaban J connectivity index is 1.68. The number of rotatable bonds is 5. The van der Waals surface area contributed by atoms with Gasteiger partial charge in [0.05, 0.1) is 0 Å². The topological polar surface area (TPSA) is 67.4 Å². The summed E-state index contributed by atoms with van der Waals surface area (Å²) in [7, 11) is 0. The lowest BCUT2D eigenvalue weighted by Crippen LogP contribution is -2.44. The smallest absolute Gasteiger partial charge is 0.276 e. The molecule has 1 saturated carbocycles. The average molecular weight is 325 g/mol. The predicted molar refractivity (Wildman–Crippen MR) is 84.5 cm³/mol. The number of carbonyl (C=O) groups excluding carboxylic acids is 2. The van der Waals surface area contributed by atoms with E-state index < -0.39 is 5.91 Å². The van der Waals surface area contributed by atoms with E-state index in [4.69, 9.17) is 16.3 Å². The first-order chi connectivity index (χ1) is 10.5. The number of amides is 2. The SMILES string of the molecule is Cc1cc(Cl)ccc1OCC(=O)NNC(=O)CC1CCCC1. The highest BCUT2D eigenvalue weighted by Crippen LogP contribution is 2.27. The largest absolute Gasteiger partial charge is 0.483 e. The van der Waals surface area contributed by atoms with Crippen LogP contribution in [0, 0.1) is 12.8 Å². The molecular formula is C16H21ClN2O3. The van der Waals surface area contributed by atoms with Crippen molar-refractivity contribution >= 4 is 23.4 Å². The van der Waals surface area contributed by atoms with Crippen LogP contribution < -0.4 is 15.6 Å². The molecule has 1 aromatic carbocycles. The summed E-state index contributed by atoms with van der Waals surface area (Å²) in [5.74, 6) is 0.499. The van der Waals surface area contributed by atoms with Crippen LogP contribution in [0.15, 0.2) is 18.2 Å². The van der Waals surface area contributed by atoms with E-state index in [1.54, 1.807) is 18.2 Å². The summed E-state index contributed by atoms with van der Waals surface area (Å²) in [6, 6.07) is 5.17. The van der Waals surface area contributed by atoms with Gasteiger partial charge in [-0.15, -0.1) is 0 Å². The minimum absolute atomic E-state index is 0.150. The van der Waals surface area contributed by atoms with Crippen molar-refractivity contribution in [3.8, 4) is 5.75 Å². The van der Waals surface area contributed by atoms with E-state index in [9.17, 15) is 9.59 Å². The van der Waals surface area contributed by atoms with Gasteiger partial charge in [0, 0.05) is 11.4 Å². The molecule has 0 heterocycles. The molecule has 6 heteroatoms. The van der Waals surface area contributed by atoms with Crippen LogP contribution >= 0.6 is 11.6 Å². The van der Waals surface area contributed by atoms with E-state index in [2.05, 4.69) is 10.9 Å². The number of hydrogen-bond acceptors (Lipinski definition) is 3. The summed E-state index contributed by atoms with van der Waals surface area (Å²) < 4.78 is 5.40. The van der Waals surface area contributed by atoms with Crippen molar-refractivity contribution in [3.63, 3.8) is 0 Å². The van der Waals surface area contributed by atoms with Gasteiger partial charge >= 0.3 is 0 Å². The molecule has 0 bridgehead atoms. The second-order valence-corrected chi connectivity index (χ2v) is 6.09. The number of carbonyl (C=O) groups is 2. The van der Waals surface area contributed by atoms with Crippen molar-refractivity contribution < 1.29 is 14.3 Å². The molecule has 1 aromatic rings. The van der Waals surface area contributed by atoms with Gasteiger partial charge in [0.1, 0.15) is 5.75 Å². The van der Waals surface area contributed by atoms with Crippen LogP contribution in [0.5, 0.6) is 5.75 Å². The van der Waals surface area contributed by atoms with E-state index >= 15 is 0 Å². The molecule has 0 aromatic heterocycles. The maximum atomic E-state index is 11.7. The summed E-state index contributed by atoms with van der Waals surface area (Å²) in [6.07, 6.45) is 5.05. The first kappa shape index (κ1) is 16.6. The minimum atomic E-state index is -0.394. The fourth-order valence-electron chi connectivity index (χ4n) is 2.62. The lowest BCUT2D eigenvalue weighted by molar-refractivity contribution is -0.130. The van der Waals surface area contributed by atoms with E-state index in [1.807, 2.05) is 6.92 Å². The van der Waals surface area contributed by atoms with Crippen molar-refractivity contribution in [2.45, 2.75) is 39.0 Å². The second-order valence-electron chi connectivity index (χ2n) is 5.65. The summed E-state index contributed by atoms with van der Waals surface area (Å²) in [5.41, 5.74) is 5.65. The van der Waals surface area contributed by atoms with Crippen LogP contribution in [0.2, 0.25) is 5.02 Å². The Morgan fingerprint density at radius 2 is 1.91 bits per heavy atom. The number of halogens is 1. The molecule has 1 aliphatic rings. The van der Waals surface area contributed by atoms with Crippen molar-refractivity contribution in [1.82, 2.24) is 10.9 Å². The molecule has 22 heavy (non-hydrogen) atoms. The number of nitrogens with one attached hydrogen (secondary N) is 2. The lowest BCUT2D eigenvalue weighted by Gasteiger charge is -2.12. The fourth-order valence-corrected chi connectivity index (χ4v) is 2.85. The van der Waals surface area contributed by atoms with Crippen molar-refractivity contribution in [2.75, 3.05) is 6.61 Å². The summed E-state index contributed by atoms with van der Waals surface area (Å²) in [5, 5.41) is 0.619. The minimum Gasteiger partial charge on any atom is -0.483 e. The molecule has 1 fully saturated rings.